The molecule has 0 bridgehead atoms. The number of rotatable bonds is 6. The third-order valence-corrected chi connectivity index (χ3v) is 3.20. The first-order chi connectivity index (χ1) is 10.7. The Bertz CT molecular complexity index is 608. The van der Waals surface area contributed by atoms with Crippen molar-refractivity contribution in [2.24, 2.45) is 0 Å². The van der Waals surface area contributed by atoms with E-state index in [0.29, 0.717) is 0 Å². The van der Waals surface area contributed by atoms with Gasteiger partial charge in [0.15, 0.2) is 0 Å². The summed E-state index contributed by atoms with van der Waals surface area (Å²) in [7, 11) is 1.61. The fourth-order valence-electron chi connectivity index (χ4n) is 1.98. The zero-order valence-corrected chi connectivity index (χ0v) is 12.5. The van der Waals surface area contributed by atoms with Crippen LogP contribution >= 0.6 is 0 Å². The zero-order chi connectivity index (χ0) is 15.8. The van der Waals surface area contributed by atoms with Crippen LogP contribution in [0.25, 0.3) is 0 Å². The number of benzene rings is 2. The normalized spacial score (nSPS) is 11.3. The number of nitrogens with one attached hydrogen (secondary N) is 1. The molecule has 2 aromatic carbocycles. The number of ether oxygens (including phenoxy) is 2. The van der Waals surface area contributed by atoms with E-state index in [1.54, 1.807) is 13.2 Å². The Kier molecular flexibility index (Phi) is 5.60. The van der Waals surface area contributed by atoms with Crippen LogP contribution in [0.1, 0.15) is 17.2 Å². The number of amides is 1. The first kappa shape index (κ1) is 15.6. The van der Waals surface area contributed by atoms with E-state index in [0.717, 1.165) is 16.9 Å². The van der Waals surface area contributed by atoms with Gasteiger partial charge in [-0.3, -0.25) is 0 Å². The summed E-state index contributed by atoms with van der Waals surface area (Å²) in [6.45, 7) is 3.99. The molecule has 0 saturated carbocycles. The van der Waals surface area contributed by atoms with E-state index in [9.17, 15) is 4.79 Å². The molecule has 0 aromatic heterocycles. The van der Waals surface area contributed by atoms with Gasteiger partial charge in [-0.1, -0.05) is 48.5 Å². The molecule has 4 nitrogen and oxygen atoms in total. The SMILES string of the molecule is C=C[C@H](NC(=O)OCc1ccccc1)c1ccc(OC)cc1. The molecule has 0 aliphatic heterocycles. The molecule has 0 radical (unpaired) electrons. The number of carbonyl (C=O) groups excluding carboxylic acids is 1. The molecule has 0 aliphatic rings. The lowest BCUT2D eigenvalue weighted by Gasteiger charge is -2.15. The van der Waals surface area contributed by atoms with Crippen molar-refractivity contribution in [1.29, 1.82) is 0 Å². The quantitative estimate of drug-likeness (QED) is 0.824. The largest absolute Gasteiger partial charge is 0.497 e. The lowest BCUT2D eigenvalue weighted by Crippen LogP contribution is -2.27. The molecule has 0 fully saturated rings. The van der Waals surface area contributed by atoms with Crippen LogP contribution in [-0.4, -0.2) is 13.2 Å². The van der Waals surface area contributed by atoms with E-state index in [1.807, 2.05) is 54.6 Å². The van der Waals surface area contributed by atoms with Crippen LogP contribution < -0.4 is 10.1 Å². The summed E-state index contributed by atoms with van der Waals surface area (Å²) in [5.74, 6) is 0.762. The molecule has 22 heavy (non-hydrogen) atoms. The van der Waals surface area contributed by atoms with Crippen LogP contribution in [0.4, 0.5) is 4.79 Å². The Labute approximate surface area is 130 Å². The fraction of sp³-hybridized carbons (Fsp3) is 0.167. The summed E-state index contributed by atoms with van der Waals surface area (Å²) in [4.78, 5) is 11.9. The highest BCUT2D eigenvalue weighted by molar-refractivity contribution is 5.68. The van der Waals surface area contributed by atoms with Crippen molar-refractivity contribution < 1.29 is 14.3 Å². The molecule has 1 N–H and O–H groups in total. The molecular weight excluding hydrogens is 278 g/mol. The second-order valence-corrected chi connectivity index (χ2v) is 4.69. The van der Waals surface area contributed by atoms with Gasteiger partial charge < -0.3 is 14.8 Å². The Morgan fingerprint density at radius 2 is 1.86 bits per heavy atom. The molecule has 114 valence electrons. The van der Waals surface area contributed by atoms with Gasteiger partial charge in [-0.05, 0) is 23.3 Å². The molecular formula is C18H19NO3. The third-order valence-electron chi connectivity index (χ3n) is 3.20. The maximum atomic E-state index is 11.9. The smallest absolute Gasteiger partial charge is 0.408 e. The van der Waals surface area contributed by atoms with Crippen LogP contribution in [0.5, 0.6) is 5.75 Å². The third kappa shape index (κ3) is 4.38. The molecule has 0 heterocycles. The summed E-state index contributed by atoms with van der Waals surface area (Å²) < 4.78 is 10.3. The predicted molar refractivity (Wildman–Crippen MR) is 85.7 cm³/mol. The number of hydrogen-bond donors (Lipinski definition) is 1. The lowest BCUT2D eigenvalue weighted by molar-refractivity contribution is 0.137. The lowest BCUT2D eigenvalue weighted by atomic mass is 10.1. The van der Waals surface area contributed by atoms with E-state index < -0.39 is 6.09 Å². The van der Waals surface area contributed by atoms with Gasteiger partial charge in [0.25, 0.3) is 0 Å². The highest BCUT2D eigenvalue weighted by Crippen LogP contribution is 2.18. The van der Waals surface area contributed by atoms with Gasteiger partial charge in [0.2, 0.25) is 0 Å². The van der Waals surface area contributed by atoms with Gasteiger partial charge in [0, 0.05) is 0 Å². The first-order valence-corrected chi connectivity index (χ1v) is 6.96. The molecule has 0 spiro atoms. The Morgan fingerprint density at radius 1 is 1.18 bits per heavy atom. The van der Waals surface area contributed by atoms with Gasteiger partial charge in [-0.2, -0.15) is 0 Å². The maximum absolute atomic E-state index is 11.9. The second kappa shape index (κ2) is 7.88. The number of hydrogen-bond acceptors (Lipinski definition) is 3. The molecule has 4 heteroatoms. The summed E-state index contributed by atoms with van der Waals surface area (Å²) in [5.41, 5.74) is 1.85. The van der Waals surface area contributed by atoms with E-state index in [-0.39, 0.29) is 12.6 Å². The Hall–Kier alpha value is -2.75. The van der Waals surface area contributed by atoms with Crippen LogP contribution in [0, 0.1) is 0 Å². The number of carbonyl (C=O) groups is 1. The summed E-state index contributed by atoms with van der Waals surface area (Å²) in [5, 5.41) is 2.77. The standard InChI is InChI=1S/C18H19NO3/c1-3-17(15-9-11-16(21-2)12-10-15)19-18(20)22-13-14-7-5-4-6-8-14/h3-12,17H,1,13H2,2H3,(H,19,20)/t17-/m0/s1. The van der Waals surface area contributed by atoms with Gasteiger partial charge >= 0.3 is 6.09 Å². The van der Waals surface area contributed by atoms with Crippen molar-refractivity contribution in [3.8, 4) is 5.75 Å². The van der Waals surface area contributed by atoms with Crippen LogP contribution in [0.2, 0.25) is 0 Å². The van der Waals surface area contributed by atoms with Crippen molar-refractivity contribution in [2.45, 2.75) is 12.6 Å². The molecule has 0 aliphatic carbocycles. The highest BCUT2D eigenvalue weighted by atomic mass is 16.5. The highest BCUT2D eigenvalue weighted by Gasteiger charge is 2.12. The Morgan fingerprint density at radius 3 is 2.45 bits per heavy atom. The topological polar surface area (TPSA) is 47.6 Å². The molecule has 2 rings (SSSR count). The van der Waals surface area contributed by atoms with Crippen molar-refractivity contribution in [1.82, 2.24) is 5.32 Å². The van der Waals surface area contributed by atoms with Gasteiger partial charge in [0.05, 0.1) is 13.2 Å². The average Bonchev–Trinajstić information content (AvgIpc) is 2.59. The fourth-order valence-corrected chi connectivity index (χ4v) is 1.98. The van der Waals surface area contributed by atoms with Crippen molar-refractivity contribution in [3.63, 3.8) is 0 Å². The van der Waals surface area contributed by atoms with Crippen molar-refractivity contribution in [2.75, 3.05) is 7.11 Å². The minimum Gasteiger partial charge on any atom is -0.497 e. The second-order valence-electron chi connectivity index (χ2n) is 4.69. The minimum absolute atomic E-state index is 0.235. The minimum atomic E-state index is -0.482. The number of methoxy groups -OCH3 is 1. The Balaban J connectivity index is 1.91. The monoisotopic (exact) mass is 297 g/mol. The number of alkyl carbamates (subject to hydrolysis) is 1. The first-order valence-electron chi connectivity index (χ1n) is 6.96. The molecule has 2 aromatic rings. The van der Waals surface area contributed by atoms with Crippen molar-refractivity contribution >= 4 is 6.09 Å². The van der Waals surface area contributed by atoms with E-state index >= 15 is 0 Å². The van der Waals surface area contributed by atoms with Crippen molar-refractivity contribution in [3.05, 3.63) is 78.4 Å². The van der Waals surface area contributed by atoms with E-state index in [1.165, 1.54) is 0 Å². The average molecular weight is 297 g/mol. The van der Waals surface area contributed by atoms with Gasteiger partial charge in [-0.25, -0.2) is 4.79 Å². The van der Waals surface area contributed by atoms with E-state index in [2.05, 4.69) is 11.9 Å². The zero-order valence-electron chi connectivity index (χ0n) is 12.5. The molecule has 1 atom stereocenters. The summed E-state index contributed by atoms with van der Waals surface area (Å²) in [6.07, 6.45) is 1.18. The summed E-state index contributed by atoms with van der Waals surface area (Å²) in [6, 6.07) is 16.6. The van der Waals surface area contributed by atoms with Crippen LogP contribution in [-0.2, 0) is 11.3 Å². The van der Waals surface area contributed by atoms with Crippen LogP contribution in [0.3, 0.4) is 0 Å². The molecule has 1 amide bonds. The van der Waals surface area contributed by atoms with Gasteiger partial charge in [0.1, 0.15) is 12.4 Å². The predicted octanol–water partition coefficient (Wildman–Crippen LogP) is 3.85. The van der Waals surface area contributed by atoms with Crippen LogP contribution in [0.15, 0.2) is 67.3 Å². The van der Waals surface area contributed by atoms with E-state index in [4.69, 9.17) is 9.47 Å². The van der Waals surface area contributed by atoms with Gasteiger partial charge in [-0.15, -0.1) is 6.58 Å². The summed E-state index contributed by atoms with van der Waals surface area (Å²) >= 11 is 0. The molecule has 0 unspecified atom stereocenters. The maximum Gasteiger partial charge on any atom is 0.408 e. The molecule has 0 saturated heterocycles.